The van der Waals surface area contributed by atoms with Gasteiger partial charge in [0.25, 0.3) is 0 Å². The summed E-state index contributed by atoms with van der Waals surface area (Å²) in [4.78, 5) is 0. The molecule has 114 valence electrons. The molecule has 1 aromatic carbocycles. The lowest BCUT2D eigenvalue weighted by Gasteiger charge is -2.17. The molecule has 1 heterocycles. The molecule has 0 saturated carbocycles. The van der Waals surface area contributed by atoms with Crippen molar-refractivity contribution >= 4 is 0 Å². The molecule has 0 aliphatic heterocycles. The molecule has 0 amide bonds. The molecule has 1 aromatic heterocycles. The molecule has 2 N–H and O–H groups in total. The molecule has 2 aromatic rings. The van der Waals surface area contributed by atoms with E-state index in [9.17, 15) is 10.2 Å². The van der Waals surface area contributed by atoms with Crippen LogP contribution < -0.4 is 4.74 Å². The zero-order chi connectivity index (χ0) is 15.5. The fraction of sp³-hybridized carbons (Fsp3) is 0.250. The number of aromatic nitrogens is 3. The standard InChI is InChI=1S/C16H17N3O3/c1-22-12-8-6-11(7-9-12)10-19-15(17-18-16(19)21)13-4-2-3-5-14(13)20/h2-3,5-9,13,20H,4,10H2,1H3,(H,18,21). The molecule has 6 heteroatoms. The Bertz CT molecular complexity index is 717. The third kappa shape index (κ3) is 2.67. The number of aliphatic hydroxyl groups excluding tert-OH is 1. The van der Waals surface area contributed by atoms with Gasteiger partial charge < -0.3 is 14.9 Å². The van der Waals surface area contributed by atoms with Crippen molar-refractivity contribution in [2.75, 3.05) is 7.11 Å². The van der Waals surface area contributed by atoms with Gasteiger partial charge in [-0.3, -0.25) is 4.57 Å². The molecule has 6 nitrogen and oxygen atoms in total. The van der Waals surface area contributed by atoms with Crippen LogP contribution >= 0.6 is 0 Å². The second kappa shape index (κ2) is 5.93. The van der Waals surface area contributed by atoms with Gasteiger partial charge in [-0.2, -0.15) is 0 Å². The molecular weight excluding hydrogens is 282 g/mol. The molecule has 0 bridgehead atoms. The quantitative estimate of drug-likeness (QED) is 0.906. The third-order valence-electron chi connectivity index (χ3n) is 3.70. The second-order valence-corrected chi connectivity index (χ2v) is 5.10. The molecule has 0 saturated heterocycles. The Labute approximate surface area is 128 Å². The van der Waals surface area contributed by atoms with Crippen molar-refractivity contribution < 1.29 is 14.9 Å². The van der Waals surface area contributed by atoms with Crippen molar-refractivity contribution in [3.8, 4) is 11.8 Å². The summed E-state index contributed by atoms with van der Waals surface area (Å²) >= 11 is 0. The molecule has 1 aliphatic rings. The van der Waals surface area contributed by atoms with E-state index in [1.54, 1.807) is 23.8 Å². The summed E-state index contributed by atoms with van der Waals surface area (Å²) in [6.45, 7) is 0.422. The van der Waals surface area contributed by atoms with Crippen molar-refractivity contribution in [1.29, 1.82) is 0 Å². The fourth-order valence-corrected chi connectivity index (χ4v) is 2.49. The highest BCUT2D eigenvalue weighted by Crippen LogP contribution is 2.30. The molecule has 1 atom stereocenters. The molecule has 1 aliphatic carbocycles. The number of ether oxygens (including phenoxy) is 1. The summed E-state index contributed by atoms with van der Waals surface area (Å²) < 4.78 is 6.74. The summed E-state index contributed by atoms with van der Waals surface area (Å²) in [6.07, 6.45) is 6.02. The minimum absolute atomic E-state index is 0.159. The zero-order valence-electron chi connectivity index (χ0n) is 12.2. The first-order valence-corrected chi connectivity index (χ1v) is 6.99. The van der Waals surface area contributed by atoms with Gasteiger partial charge in [-0.15, -0.1) is 5.10 Å². The molecular formula is C16H17N3O3. The molecule has 0 radical (unpaired) electrons. The largest absolute Gasteiger partial charge is 0.512 e. The van der Waals surface area contributed by atoms with Gasteiger partial charge in [-0.05, 0) is 30.2 Å². The van der Waals surface area contributed by atoms with Gasteiger partial charge in [0.15, 0.2) is 0 Å². The van der Waals surface area contributed by atoms with Crippen LogP contribution in [0.3, 0.4) is 0 Å². The Morgan fingerprint density at radius 3 is 2.68 bits per heavy atom. The van der Waals surface area contributed by atoms with Crippen LogP contribution in [-0.2, 0) is 6.54 Å². The number of allylic oxidation sites excluding steroid dienone is 4. The van der Waals surface area contributed by atoms with Gasteiger partial charge in [0.1, 0.15) is 17.3 Å². The van der Waals surface area contributed by atoms with Gasteiger partial charge in [0, 0.05) is 0 Å². The fourth-order valence-electron chi connectivity index (χ4n) is 2.49. The van der Waals surface area contributed by atoms with E-state index in [2.05, 4.69) is 10.2 Å². The number of nitrogens with zero attached hydrogens (tertiary/aromatic N) is 3. The Morgan fingerprint density at radius 2 is 2.00 bits per heavy atom. The summed E-state index contributed by atoms with van der Waals surface area (Å²) in [5, 5.41) is 27.7. The molecule has 0 fully saturated rings. The Balaban J connectivity index is 1.89. The van der Waals surface area contributed by atoms with Gasteiger partial charge in [-0.1, -0.05) is 29.4 Å². The van der Waals surface area contributed by atoms with E-state index in [4.69, 9.17) is 4.74 Å². The minimum Gasteiger partial charge on any atom is -0.512 e. The predicted octanol–water partition coefficient (Wildman–Crippen LogP) is 2.53. The highest BCUT2D eigenvalue weighted by atomic mass is 16.5. The maximum Gasteiger partial charge on any atom is 0.314 e. The van der Waals surface area contributed by atoms with Crippen molar-refractivity contribution in [2.45, 2.75) is 18.9 Å². The first-order chi connectivity index (χ1) is 10.7. The Kier molecular flexibility index (Phi) is 3.82. The van der Waals surface area contributed by atoms with E-state index in [-0.39, 0.29) is 17.7 Å². The highest BCUT2D eigenvalue weighted by molar-refractivity contribution is 5.29. The Morgan fingerprint density at radius 1 is 1.23 bits per heavy atom. The van der Waals surface area contributed by atoms with Crippen molar-refractivity contribution in [2.24, 2.45) is 0 Å². The number of hydrogen-bond acceptors (Lipinski definition) is 5. The third-order valence-corrected chi connectivity index (χ3v) is 3.70. The van der Waals surface area contributed by atoms with Crippen LogP contribution in [0.2, 0.25) is 0 Å². The van der Waals surface area contributed by atoms with E-state index in [1.807, 2.05) is 30.3 Å². The maximum absolute atomic E-state index is 10.0. The average molecular weight is 299 g/mol. The van der Waals surface area contributed by atoms with Crippen LogP contribution in [-0.4, -0.2) is 32.1 Å². The smallest absolute Gasteiger partial charge is 0.314 e. The number of rotatable bonds is 4. The highest BCUT2D eigenvalue weighted by Gasteiger charge is 2.24. The number of benzene rings is 1. The average Bonchev–Trinajstić information content (AvgIpc) is 2.90. The van der Waals surface area contributed by atoms with E-state index in [1.165, 1.54) is 0 Å². The van der Waals surface area contributed by atoms with Crippen LogP contribution in [0.5, 0.6) is 11.8 Å². The van der Waals surface area contributed by atoms with Crippen molar-refractivity contribution in [3.05, 3.63) is 59.6 Å². The number of hydrogen-bond donors (Lipinski definition) is 2. The summed E-state index contributed by atoms with van der Waals surface area (Å²) in [5.74, 6) is 1.27. The van der Waals surface area contributed by atoms with Crippen LogP contribution in [0.15, 0.2) is 48.3 Å². The van der Waals surface area contributed by atoms with E-state index in [0.29, 0.717) is 18.8 Å². The second-order valence-electron chi connectivity index (χ2n) is 5.10. The SMILES string of the molecule is COc1ccc(Cn2c(O)nnc2C2CC=CC=C2O)cc1. The van der Waals surface area contributed by atoms with Gasteiger partial charge >= 0.3 is 6.01 Å². The van der Waals surface area contributed by atoms with Crippen molar-refractivity contribution in [3.63, 3.8) is 0 Å². The van der Waals surface area contributed by atoms with Crippen LogP contribution in [0, 0.1) is 0 Å². The lowest BCUT2D eigenvalue weighted by Crippen LogP contribution is -2.13. The van der Waals surface area contributed by atoms with Crippen LogP contribution in [0.25, 0.3) is 0 Å². The van der Waals surface area contributed by atoms with E-state index >= 15 is 0 Å². The van der Waals surface area contributed by atoms with E-state index < -0.39 is 0 Å². The molecule has 1 unspecified atom stereocenters. The minimum atomic E-state index is -0.281. The first kappa shape index (κ1) is 14.2. The summed E-state index contributed by atoms with van der Waals surface area (Å²) in [5.41, 5.74) is 0.979. The zero-order valence-corrected chi connectivity index (χ0v) is 12.2. The van der Waals surface area contributed by atoms with Crippen molar-refractivity contribution in [1.82, 2.24) is 14.8 Å². The lowest BCUT2D eigenvalue weighted by atomic mass is 9.97. The molecule has 22 heavy (non-hydrogen) atoms. The normalized spacial score (nSPS) is 17.3. The van der Waals surface area contributed by atoms with Gasteiger partial charge in [0.2, 0.25) is 0 Å². The van der Waals surface area contributed by atoms with Crippen LogP contribution in [0.1, 0.15) is 23.7 Å². The number of aliphatic hydroxyl groups is 1. The molecule has 3 rings (SSSR count). The number of aromatic hydroxyl groups is 1. The lowest BCUT2D eigenvalue weighted by molar-refractivity contribution is 0.351. The molecule has 0 spiro atoms. The topological polar surface area (TPSA) is 80.4 Å². The first-order valence-electron chi connectivity index (χ1n) is 6.99. The summed E-state index contributed by atoms with van der Waals surface area (Å²) in [6, 6.07) is 7.39. The Hall–Kier alpha value is -2.76. The summed E-state index contributed by atoms with van der Waals surface area (Å²) in [7, 11) is 1.62. The monoisotopic (exact) mass is 299 g/mol. The van der Waals surface area contributed by atoms with Gasteiger partial charge in [0.05, 0.1) is 19.6 Å². The van der Waals surface area contributed by atoms with E-state index in [0.717, 1.165) is 11.3 Å². The van der Waals surface area contributed by atoms with Crippen LogP contribution in [0.4, 0.5) is 0 Å². The van der Waals surface area contributed by atoms with Gasteiger partial charge in [-0.25, -0.2) is 0 Å². The number of methoxy groups -OCH3 is 1. The predicted molar refractivity (Wildman–Crippen MR) is 81.0 cm³/mol. The maximum atomic E-state index is 10.0.